The van der Waals surface area contributed by atoms with Crippen LogP contribution in [0, 0.1) is 11.8 Å². The van der Waals surface area contributed by atoms with Crippen molar-refractivity contribution in [1.82, 2.24) is 9.88 Å². The minimum Gasteiger partial charge on any atom is -0.497 e. The molecule has 1 fully saturated rings. The molecule has 0 saturated carbocycles. The number of carbonyl (C=O) groups is 1. The van der Waals surface area contributed by atoms with E-state index in [2.05, 4.69) is 16.8 Å². The second-order valence-electron chi connectivity index (χ2n) is 8.28. The summed E-state index contributed by atoms with van der Waals surface area (Å²) in [7, 11) is 1.62. The maximum Gasteiger partial charge on any atom is 0.308 e. The average Bonchev–Trinajstić information content (AvgIpc) is 2.79. The number of benzene rings is 1. The van der Waals surface area contributed by atoms with Crippen molar-refractivity contribution in [2.75, 3.05) is 38.2 Å². The molecule has 3 rings (SSSR count). The van der Waals surface area contributed by atoms with Crippen molar-refractivity contribution < 1.29 is 19.7 Å². The van der Waals surface area contributed by atoms with E-state index in [1.54, 1.807) is 13.3 Å². The van der Waals surface area contributed by atoms with Crippen LogP contribution in [0.25, 0.3) is 10.9 Å². The first-order chi connectivity index (χ1) is 15.0. The van der Waals surface area contributed by atoms with Gasteiger partial charge < -0.3 is 19.8 Å². The van der Waals surface area contributed by atoms with E-state index in [0.29, 0.717) is 19.4 Å². The third kappa shape index (κ3) is 6.34. The van der Waals surface area contributed by atoms with Gasteiger partial charge in [0.1, 0.15) is 5.75 Å². The summed E-state index contributed by atoms with van der Waals surface area (Å²) in [5.74, 6) is 1.95. The zero-order chi connectivity index (χ0) is 22.2. The number of aliphatic hydroxyl groups is 1. The number of ether oxygens (including phenoxy) is 1. The van der Waals surface area contributed by atoms with Gasteiger partial charge in [0.2, 0.25) is 0 Å². The number of thioether (sulfide) groups is 1. The molecule has 31 heavy (non-hydrogen) atoms. The molecule has 0 spiro atoms. The highest BCUT2D eigenvalue weighted by atomic mass is 32.2. The normalized spacial score (nSPS) is 20.6. The van der Waals surface area contributed by atoms with Crippen LogP contribution in [0.3, 0.4) is 0 Å². The van der Waals surface area contributed by atoms with Crippen molar-refractivity contribution >= 4 is 28.6 Å². The molecule has 7 heteroatoms. The van der Waals surface area contributed by atoms with Crippen molar-refractivity contribution in [3.63, 3.8) is 0 Å². The molecule has 170 valence electrons. The van der Waals surface area contributed by atoms with E-state index in [0.717, 1.165) is 53.2 Å². The topological polar surface area (TPSA) is 82.9 Å². The van der Waals surface area contributed by atoms with Crippen LogP contribution in [0.2, 0.25) is 0 Å². The molecule has 3 atom stereocenters. The molecule has 0 amide bonds. The van der Waals surface area contributed by atoms with Gasteiger partial charge >= 0.3 is 5.97 Å². The molecular formula is C24H34N2O4S. The molecular weight excluding hydrogens is 412 g/mol. The summed E-state index contributed by atoms with van der Waals surface area (Å²) >= 11 is 1.94. The molecule has 1 aliphatic rings. The third-order valence-electron chi connectivity index (χ3n) is 6.21. The van der Waals surface area contributed by atoms with Crippen LogP contribution in [-0.2, 0) is 4.79 Å². The van der Waals surface area contributed by atoms with E-state index >= 15 is 0 Å². The van der Waals surface area contributed by atoms with Crippen molar-refractivity contribution in [3.05, 3.63) is 36.0 Å². The molecule has 1 aromatic heterocycles. The number of methoxy groups -OCH3 is 1. The smallest absolute Gasteiger partial charge is 0.308 e. The third-order valence-corrected chi connectivity index (χ3v) is 7.38. The first kappa shape index (κ1) is 23.8. The number of fused-ring (bicyclic) bond motifs is 1. The van der Waals surface area contributed by atoms with Gasteiger partial charge in [-0.2, -0.15) is 11.8 Å². The molecule has 0 radical (unpaired) electrons. The first-order valence-electron chi connectivity index (χ1n) is 11.2. The molecule has 6 nitrogen and oxygen atoms in total. The van der Waals surface area contributed by atoms with Gasteiger partial charge in [0.15, 0.2) is 0 Å². The second-order valence-corrected chi connectivity index (χ2v) is 9.51. The number of aliphatic carboxylic acids is 1. The fourth-order valence-corrected chi connectivity index (χ4v) is 5.31. The summed E-state index contributed by atoms with van der Waals surface area (Å²) in [6.45, 7) is 4.68. The van der Waals surface area contributed by atoms with Crippen LogP contribution in [-0.4, -0.2) is 64.3 Å². The summed E-state index contributed by atoms with van der Waals surface area (Å²) < 4.78 is 5.32. The molecule has 0 aliphatic carbocycles. The largest absolute Gasteiger partial charge is 0.497 e. The lowest BCUT2D eigenvalue weighted by Crippen LogP contribution is -2.44. The van der Waals surface area contributed by atoms with E-state index in [1.165, 1.54) is 6.42 Å². The van der Waals surface area contributed by atoms with Crippen molar-refractivity contribution in [2.45, 2.75) is 38.7 Å². The summed E-state index contributed by atoms with van der Waals surface area (Å²) in [6, 6.07) is 7.49. The predicted octanol–water partition coefficient (Wildman–Crippen LogP) is 4.22. The van der Waals surface area contributed by atoms with Gasteiger partial charge in [0.25, 0.3) is 0 Å². The average molecular weight is 447 g/mol. The number of aromatic nitrogens is 1. The Hall–Kier alpha value is -1.83. The Labute approximate surface area is 189 Å². The highest BCUT2D eigenvalue weighted by molar-refractivity contribution is 7.99. The Balaban J connectivity index is 1.61. The Morgan fingerprint density at radius 2 is 2.19 bits per heavy atom. The van der Waals surface area contributed by atoms with Gasteiger partial charge in [-0.15, -0.1) is 0 Å². The van der Waals surface area contributed by atoms with Crippen molar-refractivity contribution in [2.24, 2.45) is 11.8 Å². The lowest BCUT2D eigenvalue weighted by molar-refractivity contribution is -0.146. The monoisotopic (exact) mass is 446 g/mol. The molecule has 2 heterocycles. The number of likely N-dealkylation sites (tertiary alicyclic amines) is 1. The lowest BCUT2D eigenvalue weighted by Gasteiger charge is -2.37. The highest BCUT2D eigenvalue weighted by Gasteiger charge is 2.34. The summed E-state index contributed by atoms with van der Waals surface area (Å²) in [5.41, 5.74) is 1.64. The Morgan fingerprint density at radius 3 is 2.94 bits per heavy atom. The Kier molecular flexibility index (Phi) is 8.99. The van der Waals surface area contributed by atoms with E-state index in [4.69, 9.17) is 4.74 Å². The van der Waals surface area contributed by atoms with Crippen LogP contribution in [0.4, 0.5) is 0 Å². The number of hydrogen-bond donors (Lipinski definition) is 2. The number of carboxylic acid groups (broad SMARTS) is 1. The standard InChI is InChI=1S/C24H34N2O4S/c1-3-13-31-14-12-26-11-9-17(21(16-26)24(28)29)4-7-23(27)19-8-10-25-22-6-5-18(30-2)15-20(19)22/h5-6,8,10,15,17,21,23,27H,3-4,7,9,11-14,16H2,1-2H3,(H,28,29)/t17-,21+,23-/m1/s1. The Morgan fingerprint density at radius 1 is 1.35 bits per heavy atom. The quantitative estimate of drug-likeness (QED) is 0.500. The SMILES string of the molecule is CCCSCCN1CC[C@@H](CC[C@@H](O)c2ccnc3ccc(OC)cc23)[C@@H](C(=O)O)C1. The lowest BCUT2D eigenvalue weighted by atomic mass is 9.81. The molecule has 2 N–H and O–H groups in total. The van der Waals surface area contributed by atoms with Gasteiger partial charge in [-0.1, -0.05) is 6.92 Å². The van der Waals surface area contributed by atoms with E-state index in [9.17, 15) is 15.0 Å². The number of carboxylic acids is 1. The zero-order valence-corrected chi connectivity index (χ0v) is 19.3. The van der Waals surface area contributed by atoms with Gasteiger partial charge in [-0.25, -0.2) is 0 Å². The van der Waals surface area contributed by atoms with Crippen LogP contribution < -0.4 is 4.74 Å². The predicted molar refractivity (Wildman–Crippen MR) is 126 cm³/mol. The van der Waals surface area contributed by atoms with Crippen LogP contribution >= 0.6 is 11.8 Å². The molecule has 0 unspecified atom stereocenters. The molecule has 1 saturated heterocycles. The minimum atomic E-state index is -0.718. The fraction of sp³-hybridized carbons (Fsp3) is 0.583. The number of hydrogen-bond acceptors (Lipinski definition) is 6. The van der Waals surface area contributed by atoms with Crippen LogP contribution in [0.5, 0.6) is 5.75 Å². The van der Waals surface area contributed by atoms with E-state index in [-0.39, 0.29) is 11.8 Å². The number of nitrogens with zero attached hydrogens (tertiary/aromatic N) is 2. The number of aliphatic hydroxyl groups excluding tert-OH is 1. The van der Waals surface area contributed by atoms with Crippen LogP contribution in [0.1, 0.15) is 44.3 Å². The van der Waals surface area contributed by atoms with Gasteiger partial charge in [0.05, 0.1) is 24.6 Å². The van der Waals surface area contributed by atoms with Gasteiger partial charge in [-0.05, 0) is 73.7 Å². The second kappa shape index (κ2) is 11.7. The summed E-state index contributed by atoms with van der Waals surface area (Å²) in [6.07, 6.45) is 4.33. The maximum atomic E-state index is 11.9. The fourth-order valence-electron chi connectivity index (χ4n) is 4.43. The molecule has 1 aliphatic heterocycles. The number of rotatable bonds is 11. The summed E-state index contributed by atoms with van der Waals surface area (Å²) in [4.78, 5) is 18.6. The van der Waals surface area contributed by atoms with Gasteiger partial charge in [0, 0.05) is 30.4 Å². The van der Waals surface area contributed by atoms with E-state index < -0.39 is 12.1 Å². The van der Waals surface area contributed by atoms with E-state index in [1.807, 2.05) is 36.0 Å². The van der Waals surface area contributed by atoms with Crippen LogP contribution in [0.15, 0.2) is 30.5 Å². The Bertz CT molecular complexity index is 863. The summed E-state index contributed by atoms with van der Waals surface area (Å²) in [5, 5.41) is 21.6. The van der Waals surface area contributed by atoms with Crippen molar-refractivity contribution in [1.29, 1.82) is 0 Å². The highest BCUT2D eigenvalue weighted by Crippen LogP contribution is 2.33. The van der Waals surface area contributed by atoms with Crippen molar-refractivity contribution in [3.8, 4) is 5.75 Å². The zero-order valence-electron chi connectivity index (χ0n) is 18.5. The maximum absolute atomic E-state index is 11.9. The van der Waals surface area contributed by atoms with Gasteiger partial charge in [-0.3, -0.25) is 9.78 Å². The molecule has 0 bridgehead atoms. The number of pyridine rings is 1. The molecule has 2 aromatic rings. The first-order valence-corrected chi connectivity index (χ1v) is 12.3. The minimum absolute atomic E-state index is 0.0920. The number of piperidine rings is 1. The molecule has 1 aromatic carbocycles.